The molecule has 0 aromatic carbocycles. The van der Waals surface area contributed by atoms with Crippen molar-refractivity contribution in [2.75, 3.05) is 25.2 Å². The predicted molar refractivity (Wildman–Crippen MR) is 61.9 cm³/mol. The van der Waals surface area contributed by atoms with Crippen molar-refractivity contribution in [2.24, 2.45) is 5.73 Å². The Hall–Kier alpha value is 0.0700. The number of methoxy groups -OCH3 is 1. The summed E-state index contributed by atoms with van der Waals surface area (Å²) in [6.45, 7) is 2.79. The molecule has 0 saturated heterocycles. The molecule has 0 radical (unpaired) electrons. The van der Waals surface area contributed by atoms with E-state index in [9.17, 15) is 4.21 Å². The zero-order chi connectivity index (χ0) is 10.8. The molecule has 0 aliphatic carbocycles. The number of hydrogen-bond acceptors (Lipinski definition) is 3. The Kier molecular flexibility index (Phi) is 9.67. The normalized spacial score (nSPS) is 15.4. The summed E-state index contributed by atoms with van der Waals surface area (Å²) in [5, 5.41) is 0. The van der Waals surface area contributed by atoms with Gasteiger partial charge in [0.15, 0.2) is 0 Å². The third kappa shape index (κ3) is 8.66. The van der Waals surface area contributed by atoms with E-state index < -0.39 is 10.8 Å². The van der Waals surface area contributed by atoms with Crippen molar-refractivity contribution in [3.63, 3.8) is 0 Å². The van der Waals surface area contributed by atoms with Crippen LogP contribution in [-0.4, -0.2) is 35.5 Å². The first-order valence-corrected chi connectivity index (χ1v) is 6.79. The van der Waals surface area contributed by atoms with E-state index in [1.54, 1.807) is 7.11 Å². The molecule has 0 fully saturated rings. The highest BCUT2D eigenvalue weighted by molar-refractivity contribution is 7.84. The summed E-state index contributed by atoms with van der Waals surface area (Å²) in [5.41, 5.74) is 5.76. The quantitative estimate of drug-likeness (QED) is 0.597. The van der Waals surface area contributed by atoms with E-state index in [2.05, 4.69) is 6.92 Å². The summed E-state index contributed by atoms with van der Waals surface area (Å²) in [6.07, 6.45) is 3.88. The lowest BCUT2D eigenvalue weighted by Crippen LogP contribution is -2.19. The molecule has 0 aromatic heterocycles. The highest BCUT2D eigenvalue weighted by Crippen LogP contribution is 2.00. The average Bonchev–Trinajstić information content (AvgIpc) is 2.18. The molecule has 3 nitrogen and oxygen atoms in total. The number of hydrogen-bond donors (Lipinski definition) is 1. The van der Waals surface area contributed by atoms with Gasteiger partial charge in [-0.2, -0.15) is 0 Å². The fourth-order valence-electron chi connectivity index (χ4n) is 1.18. The predicted octanol–water partition coefficient (Wildman–Crippen LogP) is 1.29. The Morgan fingerprint density at radius 2 is 2.00 bits per heavy atom. The molecule has 4 heteroatoms. The molecule has 0 spiro atoms. The second-order valence-electron chi connectivity index (χ2n) is 3.50. The van der Waals surface area contributed by atoms with Gasteiger partial charge in [0.2, 0.25) is 0 Å². The van der Waals surface area contributed by atoms with Gasteiger partial charge in [0.05, 0.1) is 0 Å². The molecule has 0 saturated carbocycles. The Balaban J connectivity index is 3.26. The van der Waals surface area contributed by atoms with Crippen molar-refractivity contribution in [1.82, 2.24) is 0 Å². The molecule has 0 aliphatic heterocycles. The van der Waals surface area contributed by atoms with Crippen molar-refractivity contribution in [1.29, 1.82) is 0 Å². The SMILES string of the molecule is CCC(N)CCCS(=O)CCCOC. The van der Waals surface area contributed by atoms with Crippen LogP contribution in [0.25, 0.3) is 0 Å². The summed E-state index contributed by atoms with van der Waals surface area (Å²) < 4.78 is 16.3. The van der Waals surface area contributed by atoms with Gasteiger partial charge >= 0.3 is 0 Å². The van der Waals surface area contributed by atoms with Gasteiger partial charge < -0.3 is 10.5 Å². The summed E-state index contributed by atoms with van der Waals surface area (Å²) in [5.74, 6) is 1.55. The Morgan fingerprint density at radius 1 is 1.36 bits per heavy atom. The lowest BCUT2D eigenvalue weighted by molar-refractivity contribution is 0.200. The molecule has 0 bridgehead atoms. The summed E-state index contributed by atoms with van der Waals surface area (Å²) in [6, 6.07) is 0.283. The first-order valence-electron chi connectivity index (χ1n) is 5.30. The monoisotopic (exact) mass is 221 g/mol. The molecule has 2 atom stereocenters. The number of nitrogens with two attached hydrogens (primary N) is 1. The third-order valence-corrected chi connectivity index (χ3v) is 3.68. The van der Waals surface area contributed by atoms with Crippen molar-refractivity contribution < 1.29 is 8.95 Å². The summed E-state index contributed by atoms with van der Waals surface area (Å²) in [4.78, 5) is 0. The zero-order valence-electron chi connectivity index (χ0n) is 9.33. The van der Waals surface area contributed by atoms with Crippen molar-refractivity contribution in [3.8, 4) is 0 Å². The lowest BCUT2D eigenvalue weighted by Gasteiger charge is -2.07. The molecule has 0 aliphatic rings. The van der Waals surface area contributed by atoms with E-state index >= 15 is 0 Å². The lowest BCUT2D eigenvalue weighted by atomic mass is 10.1. The highest BCUT2D eigenvalue weighted by atomic mass is 32.2. The number of rotatable bonds is 9. The van der Waals surface area contributed by atoms with Crippen LogP contribution in [0, 0.1) is 0 Å². The van der Waals surface area contributed by atoms with E-state index in [1.165, 1.54) is 0 Å². The van der Waals surface area contributed by atoms with Crippen LogP contribution in [0.5, 0.6) is 0 Å². The summed E-state index contributed by atoms with van der Waals surface area (Å²) in [7, 11) is 0.994. The van der Waals surface area contributed by atoms with E-state index in [1.807, 2.05) is 0 Å². The molecular weight excluding hydrogens is 198 g/mol. The van der Waals surface area contributed by atoms with Gasteiger partial charge in [0, 0.05) is 42.1 Å². The van der Waals surface area contributed by atoms with Crippen LogP contribution in [0.1, 0.15) is 32.6 Å². The molecule has 0 aromatic rings. The molecule has 2 unspecified atom stereocenters. The molecule has 86 valence electrons. The van der Waals surface area contributed by atoms with Gasteiger partial charge in [-0.15, -0.1) is 0 Å². The first kappa shape index (κ1) is 14.1. The maximum Gasteiger partial charge on any atom is 0.0471 e. The highest BCUT2D eigenvalue weighted by Gasteiger charge is 2.02. The Labute approximate surface area is 89.9 Å². The van der Waals surface area contributed by atoms with E-state index in [0.717, 1.165) is 37.2 Å². The van der Waals surface area contributed by atoms with Crippen LogP contribution >= 0.6 is 0 Å². The molecule has 0 rings (SSSR count). The largest absolute Gasteiger partial charge is 0.385 e. The number of ether oxygens (including phenoxy) is 1. The second kappa shape index (κ2) is 9.62. The molecule has 14 heavy (non-hydrogen) atoms. The van der Waals surface area contributed by atoms with Gasteiger partial charge in [-0.1, -0.05) is 6.92 Å². The maximum atomic E-state index is 11.4. The minimum Gasteiger partial charge on any atom is -0.385 e. The van der Waals surface area contributed by atoms with Gasteiger partial charge in [-0.05, 0) is 25.7 Å². The topological polar surface area (TPSA) is 52.3 Å². The van der Waals surface area contributed by atoms with Gasteiger partial charge in [-0.25, -0.2) is 0 Å². The van der Waals surface area contributed by atoms with Crippen molar-refractivity contribution in [2.45, 2.75) is 38.6 Å². The fourth-order valence-corrected chi connectivity index (χ4v) is 2.31. The van der Waals surface area contributed by atoms with Gasteiger partial charge in [-0.3, -0.25) is 4.21 Å². The van der Waals surface area contributed by atoms with E-state index in [4.69, 9.17) is 10.5 Å². The second-order valence-corrected chi connectivity index (χ2v) is 5.20. The minimum absolute atomic E-state index is 0.283. The van der Waals surface area contributed by atoms with E-state index in [-0.39, 0.29) is 6.04 Å². The molecule has 0 heterocycles. The Morgan fingerprint density at radius 3 is 2.57 bits per heavy atom. The zero-order valence-corrected chi connectivity index (χ0v) is 10.1. The Bertz CT molecular complexity index is 153. The molecular formula is C10H23NO2S. The van der Waals surface area contributed by atoms with Crippen molar-refractivity contribution >= 4 is 10.8 Å². The van der Waals surface area contributed by atoms with Gasteiger partial charge in [0.25, 0.3) is 0 Å². The van der Waals surface area contributed by atoms with Crippen molar-refractivity contribution in [3.05, 3.63) is 0 Å². The minimum atomic E-state index is -0.675. The van der Waals surface area contributed by atoms with Crippen LogP contribution in [0.2, 0.25) is 0 Å². The standard InChI is InChI=1S/C10H23NO2S/c1-3-10(11)6-4-8-14(12)9-5-7-13-2/h10H,3-9,11H2,1-2H3. The van der Waals surface area contributed by atoms with Crippen LogP contribution in [0.3, 0.4) is 0 Å². The maximum absolute atomic E-state index is 11.4. The smallest absolute Gasteiger partial charge is 0.0471 e. The fraction of sp³-hybridized carbons (Fsp3) is 1.00. The average molecular weight is 221 g/mol. The summed E-state index contributed by atoms with van der Waals surface area (Å²) >= 11 is 0. The van der Waals surface area contributed by atoms with Crippen LogP contribution in [0.4, 0.5) is 0 Å². The molecule has 2 N–H and O–H groups in total. The van der Waals surface area contributed by atoms with Gasteiger partial charge in [0.1, 0.15) is 0 Å². The molecule has 0 amide bonds. The van der Waals surface area contributed by atoms with Crippen LogP contribution in [-0.2, 0) is 15.5 Å². The third-order valence-electron chi connectivity index (χ3n) is 2.19. The van der Waals surface area contributed by atoms with E-state index in [0.29, 0.717) is 6.61 Å². The van der Waals surface area contributed by atoms with Crippen LogP contribution in [0.15, 0.2) is 0 Å². The van der Waals surface area contributed by atoms with Crippen LogP contribution < -0.4 is 5.73 Å². The first-order chi connectivity index (χ1) is 6.70.